The summed E-state index contributed by atoms with van der Waals surface area (Å²) in [5.74, 6) is 0.0137. The van der Waals surface area contributed by atoms with Crippen LogP contribution in [0, 0.1) is 11.8 Å². The molecule has 5 nitrogen and oxygen atoms in total. The number of rotatable bonds is 7. The van der Waals surface area contributed by atoms with Crippen molar-refractivity contribution >= 4 is 11.7 Å². The molecule has 1 aliphatic rings. The largest absolute Gasteiger partial charge is 0.508 e. The molecule has 0 radical (unpaired) electrons. The van der Waals surface area contributed by atoms with E-state index in [-0.39, 0.29) is 11.7 Å². The van der Waals surface area contributed by atoms with E-state index in [9.17, 15) is 9.90 Å². The first kappa shape index (κ1) is 15.4. The molecular weight excluding hydrogens is 270 g/mol. The molecule has 21 heavy (non-hydrogen) atoms. The van der Waals surface area contributed by atoms with Gasteiger partial charge in [-0.05, 0) is 49.8 Å². The first-order chi connectivity index (χ1) is 10.1. The minimum Gasteiger partial charge on any atom is -0.508 e. The molecule has 1 aromatic carbocycles. The van der Waals surface area contributed by atoms with Crippen molar-refractivity contribution in [2.24, 2.45) is 17.0 Å². The van der Waals surface area contributed by atoms with Crippen LogP contribution >= 0.6 is 0 Å². The smallest absolute Gasteiger partial charge is 0.314 e. The van der Waals surface area contributed by atoms with E-state index in [0.717, 1.165) is 5.56 Å². The zero-order valence-electron chi connectivity index (χ0n) is 12.4. The van der Waals surface area contributed by atoms with Crippen LogP contribution in [0.2, 0.25) is 0 Å². The van der Waals surface area contributed by atoms with Gasteiger partial charge in [-0.15, -0.1) is 0 Å². The van der Waals surface area contributed by atoms with Crippen molar-refractivity contribution in [2.45, 2.75) is 26.2 Å². The van der Waals surface area contributed by atoms with Crippen molar-refractivity contribution in [2.75, 3.05) is 13.7 Å². The molecule has 0 aromatic heterocycles. The summed E-state index contributed by atoms with van der Waals surface area (Å²) < 4.78 is 4.84. The summed E-state index contributed by atoms with van der Waals surface area (Å²) in [5, 5.41) is 13.3. The molecule has 1 N–H and O–H groups in total. The number of phenols is 1. The van der Waals surface area contributed by atoms with Crippen molar-refractivity contribution in [3.05, 3.63) is 29.8 Å². The molecule has 5 heteroatoms. The number of aromatic hydroxyl groups is 1. The Morgan fingerprint density at radius 2 is 2.05 bits per heavy atom. The summed E-state index contributed by atoms with van der Waals surface area (Å²) in [6, 6.07) is 6.76. The summed E-state index contributed by atoms with van der Waals surface area (Å²) in [5.41, 5.74) is 1.54. The van der Waals surface area contributed by atoms with Crippen LogP contribution in [0.4, 0.5) is 0 Å². The standard InChI is InChI=1S/C16H21NO4/c1-11(17-21-10-13-3-4-13)15(16(19)20-2)9-12-5-7-14(18)8-6-12/h5-8,13,15,18H,3-4,9-10H2,1-2H3. The zero-order valence-corrected chi connectivity index (χ0v) is 12.4. The maximum Gasteiger partial charge on any atom is 0.314 e. The third-order valence-electron chi connectivity index (χ3n) is 3.58. The Morgan fingerprint density at radius 3 is 2.62 bits per heavy atom. The number of carbonyl (C=O) groups is 1. The summed E-state index contributed by atoms with van der Waals surface area (Å²) in [7, 11) is 1.37. The normalized spacial score (nSPS) is 16.4. The highest BCUT2D eigenvalue weighted by atomic mass is 16.6. The fourth-order valence-corrected chi connectivity index (χ4v) is 2.00. The Labute approximate surface area is 124 Å². The summed E-state index contributed by atoms with van der Waals surface area (Å²) in [4.78, 5) is 17.2. The summed E-state index contributed by atoms with van der Waals surface area (Å²) in [6.45, 7) is 2.39. The predicted molar refractivity (Wildman–Crippen MR) is 79.1 cm³/mol. The second-order valence-corrected chi connectivity index (χ2v) is 5.42. The summed E-state index contributed by atoms with van der Waals surface area (Å²) in [6.07, 6.45) is 2.86. The second-order valence-electron chi connectivity index (χ2n) is 5.42. The van der Waals surface area contributed by atoms with Gasteiger partial charge in [-0.1, -0.05) is 17.3 Å². The Kier molecular flexibility index (Phi) is 5.20. The van der Waals surface area contributed by atoms with Crippen molar-refractivity contribution in [1.29, 1.82) is 0 Å². The Balaban J connectivity index is 2.01. The molecule has 1 aliphatic carbocycles. The highest BCUT2D eigenvalue weighted by molar-refractivity contribution is 6.00. The van der Waals surface area contributed by atoms with Gasteiger partial charge in [-0.3, -0.25) is 4.79 Å². The molecule has 1 saturated carbocycles. The van der Waals surface area contributed by atoms with E-state index in [4.69, 9.17) is 9.57 Å². The number of carbonyl (C=O) groups excluding carboxylic acids is 1. The predicted octanol–water partition coefficient (Wildman–Crippen LogP) is 2.53. The van der Waals surface area contributed by atoms with E-state index >= 15 is 0 Å². The first-order valence-corrected chi connectivity index (χ1v) is 7.12. The van der Waals surface area contributed by atoms with E-state index in [1.165, 1.54) is 20.0 Å². The van der Waals surface area contributed by atoms with Crippen LogP contribution < -0.4 is 0 Å². The van der Waals surface area contributed by atoms with Gasteiger partial charge in [0.1, 0.15) is 18.3 Å². The number of nitrogens with zero attached hydrogens (tertiary/aromatic N) is 1. The van der Waals surface area contributed by atoms with Crippen molar-refractivity contribution in [3.63, 3.8) is 0 Å². The van der Waals surface area contributed by atoms with Gasteiger partial charge in [-0.25, -0.2) is 0 Å². The molecular formula is C16H21NO4. The number of hydrogen-bond donors (Lipinski definition) is 1. The zero-order chi connectivity index (χ0) is 15.2. The summed E-state index contributed by atoms with van der Waals surface area (Å²) >= 11 is 0. The molecule has 0 spiro atoms. The van der Waals surface area contributed by atoms with Crippen LogP contribution in [0.25, 0.3) is 0 Å². The third-order valence-corrected chi connectivity index (χ3v) is 3.58. The molecule has 0 amide bonds. The van der Waals surface area contributed by atoms with Gasteiger partial charge in [0.15, 0.2) is 0 Å². The highest BCUT2D eigenvalue weighted by Gasteiger charge is 2.25. The molecule has 114 valence electrons. The molecule has 0 bridgehead atoms. The molecule has 0 heterocycles. The minimum atomic E-state index is -0.473. The lowest BCUT2D eigenvalue weighted by atomic mass is 9.95. The van der Waals surface area contributed by atoms with E-state index < -0.39 is 5.92 Å². The third kappa shape index (κ3) is 4.77. The van der Waals surface area contributed by atoms with E-state index in [1.807, 2.05) is 0 Å². The van der Waals surface area contributed by atoms with Gasteiger partial charge >= 0.3 is 5.97 Å². The van der Waals surface area contributed by atoms with Gasteiger partial charge in [0.25, 0.3) is 0 Å². The molecule has 0 saturated heterocycles. The average molecular weight is 291 g/mol. The maximum atomic E-state index is 11.9. The van der Waals surface area contributed by atoms with Crippen LogP contribution in [0.1, 0.15) is 25.3 Å². The van der Waals surface area contributed by atoms with Crippen LogP contribution in [0.15, 0.2) is 29.4 Å². The van der Waals surface area contributed by atoms with Gasteiger partial charge < -0.3 is 14.7 Å². The quantitative estimate of drug-likeness (QED) is 0.476. The van der Waals surface area contributed by atoms with Crippen molar-refractivity contribution < 1.29 is 19.5 Å². The second kappa shape index (κ2) is 7.11. The topological polar surface area (TPSA) is 68.1 Å². The van der Waals surface area contributed by atoms with Gasteiger partial charge in [-0.2, -0.15) is 0 Å². The fraction of sp³-hybridized carbons (Fsp3) is 0.500. The van der Waals surface area contributed by atoms with Gasteiger partial charge in [0.05, 0.1) is 12.8 Å². The van der Waals surface area contributed by atoms with Gasteiger partial charge in [0.2, 0.25) is 0 Å². The lowest BCUT2D eigenvalue weighted by Gasteiger charge is -2.14. The SMILES string of the molecule is COC(=O)C(Cc1ccc(O)cc1)C(C)=NOCC1CC1. The molecule has 2 rings (SSSR count). The number of ether oxygens (including phenoxy) is 1. The molecule has 1 aromatic rings. The first-order valence-electron chi connectivity index (χ1n) is 7.12. The van der Waals surface area contributed by atoms with Crippen molar-refractivity contribution in [1.82, 2.24) is 0 Å². The fourth-order valence-electron chi connectivity index (χ4n) is 2.00. The number of oxime groups is 1. The lowest BCUT2D eigenvalue weighted by molar-refractivity contribution is -0.143. The van der Waals surface area contributed by atoms with Crippen LogP contribution in [0.3, 0.4) is 0 Å². The maximum absolute atomic E-state index is 11.9. The molecule has 0 aliphatic heterocycles. The Hall–Kier alpha value is -2.04. The highest BCUT2D eigenvalue weighted by Crippen LogP contribution is 2.28. The van der Waals surface area contributed by atoms with E-state index in [0.29, 0.717) is 24.7 Å². The average Bonchev–Trinajstić information content (AvgIpc) is 3.30. The van der Waals surface area contributed by atoms with Crippen molar-refractivity contribution in [3.8, 4) is 5.75 Å². The molecule has 1 atom stereocenters. The Bertz CT molecular complexity index is 506. The van der Waals surface area contributed by atoms with Crippen LogP contribution in [0.5, 0.6) is 5.75 Å². The number of phenolic OH excluding ortho intramolecular Hbond substituents is 1. The minimum absolute atomic E-state index is 0.200. The monoisotopic (exact) mass is 291 g/mol. The molecule has 1 unspecified atom stereocenters. The van der Waals surface area contributed by atoms with E-state index in [1.54, 1.807) is 31.2 Å². The lowest BCUT2D eigenvalue weighted by Crippen LogP contribution is -2.26. The Morgan fingerprint density at radius 1 is 1.38 bits per heavy atom. The number of benzene rings is 1. The number of hydrogen-bond acceptors (Lipinski definition) is 5. The number of methoxy groups -OCH3 is 1. The van der Waals surface area contributed by atoms with Gasteiger partial charge in [0, 0.05) is 0 Å². The molecule has 1 fully saturated rings. The van der Waals surface area contributed by atoms with Crippen LogP contribution in [-0.2, 0) is 20.8 Å². The van der Waals surface area contributed by atoms with E-state index in [2.05, 4.69) is 5.16 Å². The van der Waals surface area contributed by atoms with Crippen LogP contribution in [-0.4, -0.2) is 30.5 Å². The number of esters is 1.